The Morgan fingerprint density at radius 3 is 2.66 bits per heavy atom. The van der Waals surface area contributed by atoms with Crippen LogP contribution in [0.2, 0.25) is 0 Å². The number of carbonyl (C=O) groups excluding carboxylic acids is 1. The first kappa shape index (κ1) is 20.4. The quantitative estimate of drug-likeness (QED) is 0.736. The van der Waals surface area contributed by atoms with Gasteiger partial charge in [0.05, 0.1) is 23.9 Å². The zero-order valence-corrected chi connectivity index (χ0v) is 18.0. The summed E-state index contributed by atoms with van der Waals surface area (Å²) >= 11 is 1.76. The molecule has 2 aliphatic rings. The fourth-order valence-electron chi connectivity index (χ4n) is 4.61. The lowest BCUT2D eigenvalue weighted by atomic mass is 9.87. The number of carbonyl (C=O) groups is 1. The molecule has 29 heavy (non-hydrogen) atoms. The van der Waals surface area contributed by atoms with Crippen molar-refractivity contribution >= 4 is 22.9 Å². The van der Waals surface area contributed by atoms with Crippen LogP contribution >= 0.6 is 11.3 Å². The second kappa shape index (κ2) is 9.26. The Balaban J connectivity index is 1.41. The number of thiazole rings is 1. The van der Waals surface area contributed by atoms with Crippen LogP contribution in [0.1, 0.15) is 50.0 Å². The van der Waals surface area contributed by atoms with Crippen molar-refractivity contribution in [3.63, 3.8) is 0 Å². The predicted molar refractivity (Wildman–Crippen MR) is 118 cm³/mol. The topological polar surface area (TPSA) is 68.5 Å². The molecule has 1 aromatic carbocycles. The van der Waals surface area contributed by atoms with Crippen molar-refractivity contribution in [2.24, 2.45) is 17.6 Å². The summed E-state index contributed by atoms with van der Waals surface area (Å²) in [5, 5.41) is 3.39. The summed E-state index contributed by atoms with van der Waals surface area (Å²) in [4.78, 5) is 18.9. The molecule has 2 fully saturated rings. The molecule has 1 saturated heterocycles. The highest BCUT2D eigenvalue weighted by atomic mass is 32.1. The van der Waals surface area contributed by atoms with Crippen molar-refractivity contribution in [3.8, 4) is 11.3 Å². The van der Waals surface area contributed by atoms with E-state index in [9.17, 15) is 4.79 Å². The summed E-state index contributed by atoms with van der Waals surface area (Å²) in [5.74, 6) is 0.939. The highest BCUT2D eigenvalue weighted by Crippen LogP contribution is 2.38. The highest BCUT2D eigenvalue weighted by molar-refractivity contribution is 7.10. The molecule has 0 spiro atoms. The van der Waals surface area contributed by atoms with Crippen LogP contribution in [0.4, 0.5) is 5.69 Å². The van der Waals surface area contributed by atoms with E-state index in [0.29, 0.717) is 11.8 Å². The van der Waals surface area contributed by atoms with Gasteiger partial charge < -0.3 is 15.4 Å². The van der Waals surface area contributed by atoms with Crippen LogP contribution in [0.15, 0.2) is 29.6 Å². The molecule has 1 aromatic heterocycles. The van der Waals surface area contributed by atoms with E-state index >= 15 is 0 Å². The van der Waals surface area contributed by atoms with E-state index in [1.807, 2.05) is 0 Å². The highest BCUT2D eigenvalue weighted by Gasteiger charge is 2.27. The number of aromatic nitrogens is 1. The van der Waals surface area contributed by atoms with Gasteiger partial charge in [-0.25, -0.2) is 4.98 Å². The molecule has 0 bridgehead atoms. The van der Waals surface area contributed by atoms with Gasteiger partial charge in [-0.15, -0.1) is 11.3 Å². The lowest BCUT2D eigenvalue weighted by molar-refractivity contribution is -0.122. The monoisotopic (exact) mass is 413 g/mol. The van der Waals surface area contributed by atoms with Crippen molar-refractivity contribution in [2.45, 2.75) is 44.9 Å². The van der Waals surface area contributed by atoms with Gasteiger partial charge in [-0.1, -0.05) is 25.5 Å². The normalized spacial score (nSPS) is 24.1. The summed E-state index contributed by atoms with van der Waals surface area (Å²) < 4.78 is 5.44. The molecule has 2 N–H and O–H groups in total. The molecule has 0 radical (unpaired) electrons. The molecule has 2 aromatic rings. The molecule has 3 atom stereocenters. The van der Waals surface area contributed by atoms with Crippen molar-refractivity contribution in [3.05, 3.63) is 34.7 Å². The molecule has 3 unspecified atom stereocenters. The first-order chi connectivity index (χ1) is 14.1. The Hall–Kier alpha value is -1.92. The standard InChI is InChI=1S/C23H31N3O2S/c1-16(17-3-2-4-19(6-5-17)22(24)27)23-25-21(15-29-23)18-7-9-20(10-8-18)26-11-13-28-14-12-26/h7-10,15-17,19H,2-6,11-14H2,1H3,(H2,24,27). The van der Waals surface area contributed by atoms with Gasteiger partial charge in [-0.05, 0) is 43.7 Å². The van der Waals surface area contributed by atoms with Gasteiger partial charge in [-0.2, -0.15) is 0 Å². The molecule has 5 nitrogen and oxygen atoms in total. The van der Waals surface area contributed by atoms with E-state index in [4.69, 9.17) is 15.5 Å². The molecule has 6 heteroatoms. The third kappa shape index (κ3) is 4.81. The lowest BCUT2D eigenvalue weighted by Gasteiger charge is -2.28. The molecule has 1 aliphatic heterocycles. The molecular formula is C23H31N3O2S. The average molecular weight is 414 g/mol. The van der Waals surface area contributed by atoms with Crippen LogP contribution in [0.5, 0.6) is 0 Å². The first-order valence-electron chi connectivity index (χ1n) is 10.8. The number of nitrogens with zero attached hydrogens (tertiary/aromatic N) is 2. The number of hydrogen-bond acceptors (Lipinski definition) is 5. The zero-order valence-electron chi connectivity index (χ0n) is 17.2. The van der Waals surface area contributed by atoms with Crippen LogP contribution in [0.25, 0.3) is 11.3 Å². The van der Waals surface area contributed by atoms with Gasteiger partial charge in [0, 0.05) is 41.6 Å². The largest absolute Gasteiger partial charge is 0.378 e. The average Bonchev–Trinajstić information content (AvgIpc) is 3.11. The number of nitrogens with two attached hydrogens (primary N) is 1. The van der Waals surface area contributed by atoms with Crippen molar-refractivity contribution in [2.75, 3.05) is 31.2 Å². The smallest absolute Gasteiger partial charge is 0.220 e. The van der Waals surface area contributed by atoms with Gasteiger partial charge >= 0.3 is 0 Å². The van der Waals surface area contributed by atoms with Crippen molar-refractivity contribution in [1.82, 2.24) is 4.98 Å². The number of hydrogen-bond donors (Lipinski definition) is 1. The van der Waals surface area contributed by atoms with Gasteiger partial charge in [0.2, 0.25) is 5.91 Å². The maximum absolute atomic E-state index is 11.5. The first-order valence-corrected chi connectivity index (χ1v) is 11.7. The Bertz CT molecular complexity index is 814. The Labute approximate surface area is 177 Å². The van der Waals surface area contributed by atoms with Crippen LogP contribution in [0, 0.1) is 11.8 Å². The van der Waals surface area contributed by atoms with Crippen LogP contribution in [0.3, 0.4) is 0 Å². The van der Waals surface area contributed by atoms with Gasteiger partial charge in [0.25, 0.3) is 0 Å². The summed E-state index contributed by atoms with van der Waals surface area (Å²) in [5.41, 5.74) is 9.03. The number of anilines is 1. The summed E-state index contributed by atoms with van der Waals surface area (Å²) in [6.07, 6.45) is 5.18. The molecule has 1 amide bonds. The second-order valence-corrected chi connectivity index (χ2v) is 9.26. The fourth-order valence-corrected chi connectivity index (χ4v) is 5.59. The maximum Gasteiger partial charge on any atom is 0.220 e. The van der Waals surface area contributed by atoms with Crippen LogP contribution in [-0.4, -0.2) is 37.2 Å². The van der Waals surface area contributed by atoms with Crippen molar-refractivity contribution < 1.29 is 9.53 Å². The minimum absolute atomic E-state index is 0.0593. The third-order valence-corrected chi connectivity index (χ3v) is 7.62. The van der Waals surface area contributed by atoms with E-state index in [2.05, 4.69) is 41.5 Å². The number of benzene rings is 1. The number of ether oxygens (including phenoxy) is 1. The van der Waals surface area contributed by atoms with E-state index in [1.54, 1.807) is 11.3 Å². The molecular weight excluding hydrogens is 382 g/mol. The molecule has 4 rings (SSSR count). The molecule has 1 saturated carbocycles. The minimum atomic E-state index is -0.129. The zero-order chi connectivity index (χ0) is 20.2. The van der Waals surface area contributed by atoms with E-state index < -0.39 is 0 Å². The Kier molecular flexibility index (Phi) is 6.50. The Morgan fingerprint density at radius 2 is 1.93 bits per heavy atom. The molecule has 2 heterocycles. The fraction of sp³-hybridized carbons (Fsp3) is 0.565. The molecule has 156 valence electrons. The van der Waals surface area contributed by atoms with Crippen molar-refractivity contribution in [1.29, 1.82) is 0 Å². The molecule has 1 aliphatic carbocycles. The van der Waals surface area contributed by atoms with Crippen LogP contribution < -0.4 is 10.6 Å². The predicted octanol–water partition coefficient (Wildman–Crippen LogP) is 4.43. The van der Waals surface area contributed by atoms with Gasteiger partial charge in [0.15, 0.2) is 0 Å². The van der Waals surface area contributed by atoms with Crippen LogP contribution in [-0.2, 0) is 9.53 Å². The van der Waals surface area contributed by atoms with E-state index in [1.165, 1.54) is 16.3 Å². The number of rotatable bonds is 5. The number of morpholine rings is 1. The Morgan fingerprint density at radius 1 is 1.17 bits per heavy atom. The third-order valence-electron chi connectivity index (χ3n) is 6.57. The van der Waals surface area contributed by atoms with Gasteiger partial charge in [0.1, 0.15) is 0 Å². The number of amides is 1. The second-order valence-electron chi connectivity index (χ2n) is 8.37. The van der Waals surface area contributed by atoms with E-state index in [0.717, 1.165) is 64.1 Å². The van der Waals surface area contributed by atoms with Gasteiger partial charge in [-0.3, -0.25) is 4.79 Å². The number of primary amides is 1. The summed E-state index contributed by atoms with van der Waals surface area (Å²) in [6.45, 7) is 5.80. The minimum Gasteiger partial charge on any atom is -0.378 e. The van der Waals surface area contributed by atoms with E-state index in [-0.39, 0.29) is 11.8 Å². The summed E-state index contributed by atoms with van der Waals surface area (Å²) in [6, 6.07) is 8.74. The summed E-state index contributed by atoms with van der Waals surface area (Å²) in [7, 11) is 0. The lowest BCUT2D eigenvalue weighted by Crippen LogP contribution is -2.36. The maximum atomic E-state index is 11.5. The SMILES string of the molecule is CC(c1nc(-c2ccc(N3CCOCC3)cc2)cs1)C1CCCC(C(N)=O)CC1.